The van der Waals surface area contributed by atoms with E-state index in [1.807, 2.05) is 56.3 Å². The van der Waals surface area contributed by atoms with Gasteiger partial charge < -0.3 is 4.90 Å². The first-order valence-electron chi connectivity index (χ1n) is 10.9. The predicted octanol–water partition coefficient (Wildman–Crippen LogP) is 8.78. The van der Waals surface area contributed by atoms with Crippen molar-refractivity contribution in [1.82, 2.24) is 0 Å². The lowest BCUT2D eigenvalue weighted by Crippen LogP contribution is -2.08. The van der Waals surface area contributed by atoms with Crippen molar-refractivity contribution in [1.29, 1.82) is 0 Å². The first-order valence-corrected chi connectivity index (χ1v) is 10.9. The van der Waals surface area contributed by atoms with Crippen LogP contribution in [0.15, 0.2) is 115 Å². The number of hydrogen-bond donors (Lipinski definition) is 0. The first-order chi connectivity index (χ1) is 15.1. The molecule has 0 radical (unpaired) electrons. The molecule has 0 aliphatic carbocycles. The summed E-state index contributed by atoms with van der Waals surface area (Å²) < 4.78 is 0. The molecule has 4 rings (SSSR count). The third-order valence-electron chi connectivity index (χ3n) is 4.45. The van der Waals surface area contributed by atoms with Crippen LogP contribution >= 0.6 is 0 Å². The monoisotopic (exact) mass is 411 g/mol. The third-order valence-corrected chi connectivity index (χ3v) is 4.45. The van der Waals surface area contributed by atoms with Gasteiger partial charge in [-0.25, -0.2) is 0 Å². The summed E-state index contributed by atoms with van der Waals surface area (Å²) in [5.74, 6) is 0. The zero-order chi connectivity index (χ0) is 22.9. The van der Waals surface area contributed by atoms with E-state index in [0.717, 1.165) is 0 Å². The van der Waals surface area contributed by atoms with Crippen LogP contribution in [0, 0.1) is 20.8 Å². The summed E-state index contributed by atoms with van der Waals surface area (Å²) in [6.45, 7) is 10.3. The van der Waals surface area contributed by atoms with Crippen LogP contribution in [-0.2, 0) is 0 Å². The van der Waals surface area contributed by atoms with E-state index in [2.05, 4.69) is 106 Å². The number of hydrogen-bond acceptors (Lipinski definition) is 1. The minimum atomic E-state index is 1.21. The lowest BCUT2D eigenvalue weighted by atomic mass is 10.2. The molecule has 0 saturated carbocycles. The highest BCUT2D eigenvalue weighted by molar-refractivity contribution is 5.62. The van der Waals surface area contributed by atoms with Crippen LogP contribution < -0.4 is 4.90 Å². The Hall–Kier alpha value is -3.32. The number of rotatable bonds is 2. The molecule has 0 heterocycles. The molecule has 0 N–H and O–H groups in total. The van der Waals surface area contributed by atoms with Gasteiger partial charge in [0.1, 0.15) is 0 Å². The van der Waals surface area contributed by atoms with Crippen molar-refractivity contribution >= 4 is 11.4 Å². The Labute approximate surface area is 190 Å². The zero-order valence-corrected chi connectivity index (χ0v) is 19.9. The van der Waals surface area contributed by atoms with E-state index in [-0.39, 0.29) is 0 Å². The molecule has 162 valence electrons. The number of benzene rings is 4. The molecule has 1 nitrogen and oxygen atoms in total. The molecule has 4 aromatic carbocycles. The molecule has 0 aromatic heterocycles. The van der Waals surface area contributed by atoms with E-state index in [9.17, 15) is 0 Å². The van der Waals surface area contributed by atoms with Crippen LogP contribution in [-0.4, -0.2) is 7.05 Å². The SMILES string of the molecule is CC.Cc1ccc(N(C)c2ccccc2)cc1.Cc1ccccc1.Cc1ccccc1. The number of aryl methyl sites for hydroxylation is 3. The van der Waals surface area contributed by atoms with Crippen LogP contribution in [0.3, 0.4) is 0 Å². The second kappa shape index (κ2) is 15.5. The Morgan fingerprint density at radius 2 is 0.677 bits per heavy atom. The smallest absolute Gasteiger partial charge is 0.0408 e. The number of anilines is 2. The summed E-state index contributed by atoms with van der Waals surface area (Å²) >= 11 is 0. The second-order valence-corrected chi connectivity index (χ2v) is 7.04. The van der Waals surface area contributed by atoms with E-state index in [1.54, 1.807) is 0 Å². The van der Waals surface area contributed by atoms with Gasteiger partial charge in [-0.1, -0.05) is 122 Å². The predicted molar refractivity (Wildman–Crippen MR) is 139 cm³/mol. The molecule has 0 atom stereocenters. The van der Waals surface area contributed by atoms with Crippen molar-refractivity contribution < 1.29 is 0 Å². The summed E-state index contributed by atoms with van der Waals surface area (Å²) in [6, 6.07) is 39.4. The van der Waals surface area contributed by atoms with Crippen molar-refractivity contribution in [3.63, 3.8) is 0 Å². The second-order valence-electron chi connectivity index (χ2n) is 7.04. The van der Waals surface area contributed by atoms with E-state index < -0.39 is 0 Å². The molecule has 1 heteroatoms. The molecule has 0 unspecified atom stereocenters. The molecule has 0 saturated heterocycles. The van der Waals surface area contributed by atoms with Crippen LogP contribution in [0.1, 0.15) is 30.5 Å². The largest absolute Gasteiger partial charge is 0.345 e. The fraction of sp³-hybridized carbons (Fsp3) is 0.200. The minimum absolute atomic E-state index is 1.21. The quantitative estimate of drug-likeness (QED) is 0.318. The lowest BCUT2D eigenvalue weighted by Gasteiger charge is -2.19. The molecule has 0 aliphatic heterocycles. The molecular weight excluding hydrogens is 374 g/mol. The van der Waals surface area contributed by atoms with Gasteiger partial charge in [0, 0.05) is 18.4 Å². The average molecular weight is 412 g/mol. The van der Waals surface area contributed by atoms with Gasteiger partial charge >= 0.3 is 0 Å². The molecule has 0 aliphatic rings. The van der Waals surface area contributed by atoms with E-state index in [1.165, 1.54) is 28.1 Å². The molecule has 4 aromatic rings. The highest BCUT2D eigenvalue weighted by Crippen LogP contribution is 2.22. The highest BCUT2D eigenvalue weighted by atomic mass is 15.1. The Morgan fingerprint density at radius 1 is 0.387 bits per heavy atom. The Bertz CT molecular complexity index is 877. The van der Waals surface area contributed by atoms with E-state index >= 15 is 0 Å². The molecule has 0 spiro atoms. The van der Waals surface area contributed by atoms with Crippen molar-refractivity contribution in [2.45, 2.75) is 34.6 Å². The normalized spacial score (nSPS) is 8.97. The molecule has 0 bridgehead atoms. The van der Waals surface area contributed by atoms with Crippen LogP contribution in [0.4, 0.5) is 11.4 Å². The summed E-state index contributed by atoms with van der Waals surface area (Å²) in [5, 5.41) is 0. The zero-order valence-electron chi connectivity index (χ0n) is 19.9. The van der Waals surface area contributed by atoms with Crippen molar-refractivity contribution in [3.05, 3.63) is 132 Å². The van der Waals surface area contributed by atoms with E-state index in [4.69, 9.17) is 0 Å². The number of para-hydroxylation sites is 1. The Kier molecular flexibility index (Phi) is 12.9. The lowest BCUT2D eigenvalue weighted by molar-refractivity contribution is 1.20. The fourth-order valence-corrected chi connectivity index (χ4v) is 2.64. The Balaban J connectivity index is 0.000000251. The standard InChI is InChI=1S/C14H15N.2C7H8.C2H6/c1-12-8-10-14(11-9-12)15(2)13-6-4-3-5-7-13;2*1-7-5-3-2-4-6-7;1-2/h3-11H,1-2H3;2*2-6H,1H3;1-2H3. The van der Waals surface area contributed by atoms with E-state index in [0.29, 0.717) is 0 Å². The average Bonchev–Trinajstić information content (AvgIpc) is 2.83. The maximum absolute atomic E-state index is 2.18. The third kappa shape index (κ3) is 10.9. The van der Waals surface area contributed by atoms with Crippen LogP contribution in [0.5, 0.6) is 0 Å². The van der Waals surface area contributed by atoms with Gasteiger partial charge in [-0.15, -0.1) is 0 Å². The highest BCUT2D eigenvalue weighted by Gasteiger charge is 2.01. The maximum atomic E-state index is 2.18. The molecular formula is C30H37N. The summed E-state index contributed by atoms with van der Waals surface area (Å²) in [4.78, 5) is 2.18. The Morgan fingerprint density at radius 3 is 1.00 bits per heavy atom. The fourth-order valence-electron chi connectivity index (χ4n) is 2.64. The van der Waals surface area contributed by atoms with Crippen molar-refractivity contribution in [2.75, 3.05) is 11.9 Å². The molecule has 0 fully saturated rings. The van der Waals surface area contributed by atoms with Gasteiger partial charge in [0.25, 0.3) is 0 Å². The van der Waals surface area contributed by atoms with Gasteiger partial charge in [-0.3, -0.25) is 0 Å². The first kappa shape index (κ1) is 25.7. The van der Waals surface area contributed by atoms with Gasteiger partial charge in [0.05, 0.1) is 0 Å². The minimum Gasteiger partial charge on any atom is -0.345 e. The molecule has 0 amide bonds. The number of nitrogens with zero attached hydrogens (tertiary/aromatic N) is 1. The van der Waals surface area contributed by atoms with Crippen LogP contribution in [0.25, 0.3) is 0 Å². The van der Waals surface area contributed by atoms with Gasteiger partial charge in [-0.2, -0.15) is 0 Å². The van der Waals surface area contributed by atoms with Crippen LogP contribution in [0.2, 0.25) is 0 Å². The summed E-state index contributed by atoms with van der Waals surface area (Å²) in [7, 11) is 2.08. The summed E-state index contributed by atoms with van der Waals surface area (Å²) in [6.07, 6.45) is 0. The molecule has 31 heavy (non-hydrogen) atoms. The van der Waals surface area contributed by atoms with Gasteiger partial charge in [0.2, 0.25) is 0 Å². The van der Waals surface area contributed by atoms with Gasteiger partial charge in [0.15, 0.2) is 0 Å². The van der Waals surface area contributed by atoms with Crippen molar-refractivity contribution in [3.8, 4) is 0 Å². The van der Waals surface area contributed by atoms with Gasteiger partial charge in [-0.05, 0) is 45.0 Å². The summed E-state index contributed by atoms with van der Waals surface area (Å²) in [5.41, 5.74) is 6.36. The van der Waals surface area contributed by atoms with Crippen molar-refractivity contribution in [2.24, 2.45) is 0 Å². The maximum Gasteiger partial charge on any atom is 0.0408 e. The topological polar surface area (TPSA) is 3.24 Å².